The highest BCUT2D eigenvalue weighted by Crippen LogP contribution is 2.29. The zero-order chi connectivity index (χ0) is 12.3. The number of anilines is 1. The van der Waals surface area contributed by atoms with Crippen LogP contribution in [0.1, 0.15) is 20.3 Å². The Kier molecular flexibility index (Phi) is 4.64. The van der Waals surface area contributed by atoms with Gasteiger partial charge in [-0.1, -0.05) is 6.92 Å². The fourth-order valence-corrected chi connectivity index (χ4v) is 3.45. The maximum absolute atomic E-state index is 4.47. The van der Waals surface area contributed by atoms with Gasteiger partial charge in [0.25, 0.3) is 0 Å². The average Bonchev–Trinajstić information content (AvgIpc) is 2.78. The lowest BCUT2D eigenvalue weighted by Crippen LogP contribution is -2.50. The Morgan fingerprint density at radius 2 is 2.24 bits per heavy atom. The smallest absolute Gasteiger partial charge is 0.176 e. The second kappa shape index (κ2) is 6.02. The van der Waals surface area contributed by atoms with Crippen LogP contribution in [-0.4, -0.2) is 52.1 Å². The number of nitrogens with zero attached hydrogens (tertiary/aromatic N) is 4. The number of likely N-dealkylation sites (N-methyl/N-ethyl adjacent to an activating group) is 1. The number of aromatic nitrogens is 2. The third-order valence-corrected chi connectivity index (χ3v) is 4.94. The molecule has 0 saturated carbocycles. The van der Waals surface area contributed by atoms with E-state index in [1.54, 1.807) is 0 Å². The molecule has 1 aliphatic rings. The predicted molar refractivity (Wildman–Crippen MR) is 75.2 cm³/mol. The molecule has 2 rings (SSSR count). The van der Waals surface area contributed by atoms with Gasteiger partial charge >= 0.3 is 0 Å². The van der Waals surface area contributed by atoms with E-state index in [1.807, 2.05) is 11.8 Å². The van der Waals surface area contributed by atoms with Crippen molar-refractivity contribution in [2.24, 2.45) is 0 Å². The molecule has 0 aliphatic carbocycles. The van der Waals surface area contributed by atoms with Crippen LogP contribution < -0.4 is 4.90 Å². The largest absolute Gasteiger partial charge is 0.351 e. The molecular weight excluding hydrogens is 252 g/mol. The van der Waals surface area contributed by atoms with E-state index in [0.29, 0.717) is 6.04 Å². The van der Waals surface area contributed by atoms with Crippen molar-refractivity contribution < 1.29 is 0 Å². The standard InChI is InChI=1S/C11H20N4S2/c1-4-7-16-11-10(12-17-13-11)15-6-5-14(3)9(2)8-15/h9H,4-8H2,1-3H3. The van der Waals surface area contributed by atoms with Crippen LogP contribution in [0.15, 0.2) is 5.03 Å². The summed E-state index contributed by atoms with van der Waals surface area (Å²) < 4.78 is 8.88. The van der Waals surface area contributed by atoms with E-state index >= 15 is 0 Å². The molecule has 0 aromatic carbocycles. The first-order chi connectivity index (χ1) is 8.22. The molecule has 0 spiro atoms. The van der Waals surface area contributed by atoms with Gasteiger partial charge in [-0.3, -0.25) is 0 Å². The zero-order valence-corrected chi connectivity index (χ0v) is 12.4. The Morgan fingerprint density at radius 3 is 2.94 bits per heavy atom. The molecule has 0 amide bonds. The lowest BCUT2D eigenvalue weighted by molar-refractivity contribution is 0.233. The maximum atomic E-state index is 4.47. The third-order valence-electron chi connectivity index (χ3n) is 3.14. The van der Waals surface area contributed by atoms with Crippen molar-refractivity contribution >= 4 is 29.3 Å². The fraction of sp³-hybridized carbons (Fsp3) is 0.818. The number of piperazine rings is 1. The van der Waals surface area contributed by atoms with Gasteiger partial charge in [0.1, 0.15) is 0 Å². The van der Waals surface area contributed by atoms with Crippen molar-refractivity contribution in [1.29, 1.82) is 0 Å². The van der Waals surface area contributed by atoms with Crippen molar-refractivity contribution in [2.75, 3.05) is 37.3 Å². The molecule has 1 aromatic rings. The fourth-order valence-electron chi connectivity index (χ4n) is 1.90. The van der Waals surface area contributed by atoms with Gasteiger partial charge in [0.2, 0.25) is 0 Å². The Hall–Kier alpha value is -0.330. The molecule has 4 nitrogen and oxygen atoms in total. The summed E-state index contributed by atoms with van der Waals surface area (Å²) in [7, 11) is 2.19. The molecule has 96 valence electrons. The molecule has 1 atom stereocenters. The number of rotatable bonds is 4. The topological polar surface area (TPSA) is 32.3 Å². The molecule has 1 aromatic heterocycles. The van der Waals surface area contributed by atoms with E-state index < -0.39 is 0 Å². The van der Waals surface area contributed by atoms with Crippen molar-refractivity contribution in [3.8, 4) is 0 Å². The Labute approximate surface area is 112 Å². The second-order valence-corrected chi connectivity index (χ2v) is 6.13. The van der Waals surface area contributed by atoms with Gasteiger partial charge in [0.15, 0.2) is 10.8 Å². The molecule has 0 radical (unpaired) electrons. The minimum absolute atomic E-state index is 0.592. The van der Waals surface area contributed by atoms with Crippen molar-refractivity contribution in [3.63, 3.8) is 0 Å². The second-order valence-electron chi connectivity index (χ2n) is 4.52. The summed E-state index contributed by atoms with van der Waals surface area (Å²) in [5.41, 5.74) is 0. The lowest BCUT2D eigenvalue weighted by atomic mass is 10.2. The van der Waals surface area contributed by atoms with Crippen molar-refractivity contribution in [1.82, 2.24) is 13.6 Å². The van der Waals surface area contributed by atoms with Crippen LogP contribution in [0.4, 0.5) is 5.82 Å². The average molecular weight is 272 g/mol. The predicted octanol–water partition coefficient (Wildman–Crippen LogP) is 2.18. The minimum Gasteiger partial charge on any atom is -0.351 e. The Bertz CT molecular complexity index is 355. The van der Waals surface area contributed by atoms with Crippen LogP contribution in [0.3, 0.4) is 0 Å². The Morgan fingerprint density at radius 1 is 1.41 bits per heavy atom. The molecule has 2 heterocycles. The van der Waals surface area contributed by atoms with E-state index in [1.165, 1.54) is 18.1 Å². The van der Waals surface area contributed by atoms with Crippen molar-refractivity contribution in [3.05, 3.63) is 0 Å². The molecule has 0 bridgehead atoms. The number of hydrogen-bond donors (Lipinski definition) is 0. The summed E-state index contributed by atoms with van der Waals surface area (Å²) in [4.78, 5) is 4.78. The third kappa shape index (κ3) is 3.11. The molecule has 1 saturated heterocycles. The van der Waals surface area contributed by atoms with Crippen LogP contribution in [-0.2, 0) is 0 Å². The summed E-state index contributed by atoms with van der Waals surface area (Å²) in [6.07, 6.45) is 1.18. The normalized spacial score (nSPS) is 22.1. The molecule has 1 fully saturated rings. The highest BCUT2D eigenvalue weighted by atomic mass is 32.2. The molecule has 0 N–H and O–H groups in total. The first kappa shape index (κ1) is 13.1. The SMILES string of the molecule is CCCSc1nsnc1N1CCN(C)C(C)C1. The summed E-state index contributed by atoms with van der Waals surface area (Å²) >= 11 is 3.17. The van der Waals surface area contributed by atoms with E-state index in [0.717, 1.165) is 36.2 Å². The van der Waals surface area contributed by atoms with Gasteiger partial charge in [-0.25, -0.2) is 0 Å². The maximum Gasteiger partial charge on any atom is 0.176 e. The number of hydrogen-bond acceptors (Lipinski definition) is 6. The van der Waals surface area contributed by atoms with E-state index in [4.69, 9.17) is 0 Å². The quantitative estimate of drug-likeness (QED) is 0.785. The van der Waals surface area contributed by atoms with E-state index in [2.05, 4.69) is 39.4 Å². The lowest BCUT2D eigenvalue weighted by Gasteiger charge is -2.37. The molecular formula is C11H20N4S2. The zero-order valence-electron chi connectivity index (χ0n) is 10.7. The van der Waals surface area contributed by atoms with Gasteiger partial charge < -0.3 is 9.80 Å². The highest BCUT2D eigenvalue weighted by Gasteiger charge is 2.24. The van der Waals surface area contributed by atoms with E-state index in [9.17, 15) is 0 Å². The molecule has 1 unspecified atom stereocenters. The van der Waals surface area contributed by atoms with E-state index in [-0.39, 0.29) is 0 Å². The molecule has 6 heteroatoms. The monoisotopic (exact) mass is 272 g/mol. The summed E-state index contributed by atoms with van der Waals surface area (Å²) in [6, 6.07) is 0.592. The van der Waals surface area contributed by atoms with Gasteiger partial charge in [-0.15, -0.1) is 11.8 Å². The van der Waals surface area contributed by atoms with Crippen LogP contribution in [0.25, 0.3) is 0 Å². The van der Waals surface area contributed by atoms with Crippen LogP contribution in [0.2, 0.25) is 0 Å². The Balaban J connectivity index is 2.04. The summed E-state index contributed by atoms with van der Waals surface area (Å²) in [5.74, 6) is 2.23. The molecule has 17 heavy (non-hydrogen) atoms. The van der Waals surface area contributed by atoms with Crippen LogP contribution in [0, 0.1) is 0 Å². The van der Waals surface area contributed by atoms with Crippen LogP contribution >= 0.6 is 23.5 Å². The first-order valence-electron chi connectivity index (χ1n) is 6.13. The van der Waals surface area contributed by atoms with Gasteiger partial charge in [0.05, 0.1) is 11.7 Å². The minimum atomic E-state index is 0.592. The summed E-state index contributed by atoms with van der Waals surface area (Å²) in [6.45, 7) is 7.69. The highest BCUT2D eigenvalue weighted by molar-refractivity contribution is 7.99. The van der Waals surface area contributed by atoms with Gasteiger partial charge in [-0.2, -0.15) is 8.75 Å². The van der Waals surface area contributed by atoms with Crippen LogP contribution in [0.5, 0.6) is 0 Å². The van der Waals surface area contributed by atoms with Gasteiger partial charge in [-0.05, 0) is 26.1 Å². The summed E-state index contributed by atoms with van der Waals surface area (Å²) in [5, 5.41) is 1.12. The molecule has 1 aliphatic heterocycles. The van der Waals surface area contributed by atoms with Crippen molar-refractivity contribution in [2.45, 2.75) is 31.3 Å². The number of thioether (sulfide) groups is 1. The van der Waals surface area contributed by atoms with Gasteiger partial charge in [0, 0.05) is 25.7 Å². The first-order valence-corrected chi connectivity index (χ1v) is 7.84.